The molecule has 2 aliphatic heterocycles. The van der Waals surface area contributed by atoms with E-state index in [0.29, 0.717) is 5.95 Å². The van der Waals surface area contributed by atoms with Crippen LogP contribution in [0.15, 0.2) is 24.3 Å². The molecule has 0 spiro atoms. The number of benzene rings is 1. The normalized spacial score (nSPS) is 17.7. The molecule has 2 aromatic rings. The fourth-order valence-corrected chi connectivity index (χ4v) is 3.73. The molecule has 7 heteroatoms. The van der Waals surface area contributed by atoms with Crippen LogP contribution in [0, 0.1) is 6.92 Å². The van der Waals surface area contributed by atoms with Crippen molar-refractivity contribution in [2.45, 2.75) is 45.4 Å². The Balaban J connectivity index is 1.56. The van der Waals surface area contributed by atoms with Crippen molar-refractivity contribution in [1.29, 1.82) is 0 Å². The van der Waals surface area contributed by atoms with Gasteiger partial charge in [0.25, 0.3) is 0 Å². The standard InChI is InChI=1S/C20H29N7/c1-16-9-8-10-17(15-16)24-25-18-21-19(26-11-4-2-5-12-26)23-20(22-18)27-13-6-3-7-14-27/h8-10,15,24H,2-7,11-14H2,1H3,(H,21,22,23,25). The van der Waals surface area contributed by atoms with Crippen molar-refractivity contribution in [2.24, 2.45) is 0 Å². The zero-order valence-electron chi connectivity index (χ0n) is 16.1. The molecule has 2 N–H and O–H groups in total. The minimum atomic E-state index is 0.577. The molecule has 0 aliphatic carbocycles. The van der Waals surface area contributed by atoms with Crippen molar-refractivity contribution in [3.63, 3.8) is 0 Å². The molecule has 0 amide bonds. The number of hydrazine groups is 1. The molecule has 7 nitrogen and oxygen atoms in total. The summed E-state index contributed by atoms with van der Waals surface area (Å²) in [6, 6.07) is 8.23. The molecule has 144 valence electrons. The van der Waals surface area contributed by atoms with E-state index in [9.17, 15) is 0 Å². The van der Waals surface area contributed by atoms with E-state index in [1.165, 1.54) is 44.1 Å². The Labute approximate surface area is 161 Å². The van der Waals surface area contributed by atoms with Crippen molar-refractivity contribution in [2.75, 3.05) is 46.8 Å². The molecule has 2 saturated heterocycles. The first-order valence-corrected chi connectivity index (χ1v) is 10.1. The van der Waals surface area contributed by atoms with Gasteiger partial charge in [-0.1, -0.05) is 12.1 Å². The van der Waals surface area contributed by atoms with E-state index < -0.39 is 0 Å². The Morgan fingerprint density at radius 2 is 1.33 bits per heavy atom. The minimum Gasteiger partial charge on any atom is -0.341 e. The second-order valence-corrected chi connectivity index (χ2v) is 7.47. The van der Waals surface area contributed by atoms with Gasteiger partial charge in [0.15, 0.2) is 0 Å². The SMILES string of the molecule is Cc1cccc(NNc2nc(N3CCCCC3)nc(N3CCCCC3)n2)c1. The van der Waals surface area contributed by atoms with Crippen LogP contribution in [0.2, 0.25) is 0 Å². The van der Waals surface area contributed by atoms with Gasteiger partial charge >= 0.3 is 0 Å². The summed E-state index contributed by atoms with van der Waals surface area (Å²) >= 11 is 0. The number of nitrogens with zero attached hydrogens (tertiary/aromatic N) is 5. The number of hydrogen-bond donors (Lipinski definition) is 2. The summed E-state index contributed by atoms with van der Waals surface area (Å²) in [5.41, 5.74) is 8.61. The Hall–Kier alpha value is -2.57. The van der Waals surface area contributed by atoms with Gasteiger partial charge in [-0.25, -0.2) is 0 Å². The zero-order chi connectivity index (χ0) is 18.5. The summed E-state index contributed by atoms with van der Waals surface area (Å²) < 4.78 is 0. The van der Waals surface area contributed by atoms with Crippen LogP contribution in [-0.2, 0) is 0 Å². The number of hydrogen-bond acceptors (Lipinski definition) is 7. The molecule has 2 fully saturated rings. The van der Waals surface area contributed by atoms with Gasteiger partial charge in [-0.2, -0.15) is 15.0 Å². The Kier molecular flexibility index (Phi) is 5.55. The first-order chi connectivity index (χ1) is 13.3. The fraction of sp³-hybridized carbons (Fsp3) is 0.550. The highest BCUT2D eigenvalue weighted by Gasteiger charge is 2.20. The molecule has 27 heavy (non-hydrogen) atoms. The van der Waals surface area contributed by atoms with Gasteiger partial charge < -0.3 is 9.80 Å². The van der Waals surface area contributed by atoms with Crippen LogP contribution < -0.4 is 20.7 Å². The smallest absolute Gasteiger partial charge is 0.248 e. The summed E-state index contributed by atoms with van der Waals surface area (Å²) in [5.74, 6) is 2.16. The minimum absolute atomic E-state index is 0.577. The van der Waals surface area contributed by atoms with Gasteiger partial charge in [-0.3, -0.25) is 10.9 Å². The molecule has 1 aromatic heterocycles. The van der Waals surface area contributed by atoms with E-state index >= 15 is 0 Å². The van der Waals surface area contributed by atoms with Crippen LogP contribution >= 0.6 is 0 Å². The maximum absolute atomic E-state index is 4.81. The van der Waals surface area contributed by atoms with Gasteiger partial charge in [0, 0.05) is 26.2 Å². The highest BCUT2D eigenvalue weighted by Crippen LogP contribution is 2.22. The zero-order valence-corrected chi connectivity index (χ0v) is 16.1. The molecular weight excluding hydrogens is 338 g/mol. The average molecular weight is 368 g/mol. The molecule has 2 aliphatic rings. The van der Waals surface area contributed by atoms with Crippen LogP contribution in [0.25, 0.3) is 0 Å². The Morgan fingerprint density at radius 1 is 0.741 bits per heavy atom. The lowest BCUT2D eigenvalue weighted by atomic mass is 10.1. The van der Waals surface area contributed by atoms with E-state index in [4.69, 9.17) is 15.0 Å². The van der Waals surface area contributed by atoms with E-state index in [1.807, 2.05) is 12.1 Å². The predicted molar refractivity (Wildman–Crippen MR) is 110 cm³/mol. The van der Waals surface area contributed by atoms with E-state index in [1.54, 1.807) is 0 Å². The largest absolute Gasteiger partial charge is 0.341 e. The fourth-order valence-electron chi connectivity index (χ4n) is 3.73. The third-order valence-corrected chi connectivity index (χ3v) is 5.23. The number of aryl methyl sites for hydroxylation is 1. The van der Waals surface area contributed by atoms with E-state index in [0.717, 1.165) is 43.8 Å². The average Bonchev–Trinajstić information content (AvgIpc) is 2.73. The van der Waals surface area contributed by atoms with Gasteiger partial charge in [0.1, 0.15) is 0 Å². The van der Waals surface area contributed by atoms with Crippen molar-refractivity contribution in [1.82, 2.24) is 15.0 Å². The highest BCUT2D eigenvalue weighted by atomic mass is 15.4. The lowest BCUT2D eigenvalue weighted by molar-refractivity contribution is 0.556. The topological polar surface area (TPSA) is 69.2 Å². The number of piperidine rings is 2. The van der Waals surface area contributed by atoms with Crippen LogP contribution in [-0.4, -0.2) is 41.1 Å². The predicted octanol–water partition coefficient (Wildman–Crippen LogP) is 3.60. The summed E-state index contributed by atoms with van der Waals surface area (Å²) in [5, 5.41) is 0. The molecule has 0 atom stereocenters. The number of nitrogens with one attached hydrogen (secondary N) is 2. The third kappa shape index (κ3) is 4.59. The first-order valence-electron chi connectivity index (χ1n) is 10.1. The molecule has 0 bridgehead atoms. The van der Waals surface area contributed by atoms with Gasteiger partial charge in [-0.05, 0) is 63.1 Å². The lowest BCUT2D eigenvalue weighted by Gasteiger charge is -2.30. The third-order valence-electron chi connectivity index (χ3n) is 5.23. The molecule has 4 rings (SSSR count). The second-order valence-electron chi connectivity index (χ2n) is 7.47. The lowest BCUT2D eigenvalue weighted by Crippen LogP contribution is -2.34. The van der Waals surface area contributed by atoms with Gasteiger partial charge in [0.2, 0.25) is 17.8 Å². The van der Waals surface area contributed by atoms with Gasteiger partial charge in [-0.15, -0.1) is 0 Å². The maximum Gasteiger partial charge on any atom is 0.248 e. The van der Waals surface area contributed by atoms with Crippen LogP contribution in [0.5, 0.6) is 0 Å². The van der Waals surface area contributed by atoms with Crippen molar-refractivity contribution in [3.05, 3.63) is 29.8 Å². The molecule has 0 unspecified atom stereocenters. The number of anilines is 4. The Bertz CT molecular complexity index is 715. The van der Waals surface area contributed by atoms with E-state index in [-0.39, 0.29) is 0 Å². The molecule has 0 saturated carbocycles. The summed E-state index contributed by atoms with van der Waals surface area (Å²) in [6.45, 7) is 6.17. The molecule has 0 radical (unpaired) electrons. The number of aromatic nitrogens is 3. The molecule has 3 heterocycles. The van der Waals surface area contributed by atoms with Crippen LogP contribution in [0.4, 0.5) is 23.5 Å². The second kappa shape index (κ2) is 8.41. The van der Waals surface area contributed by atoms with Crippen molar-refractivity contribution >= 4 is 23.5 Å². The highest BCUT2D eigenvalue weighted by molar-refractivity contribution is 5.52. The maximum atomic E-state index is 4.81. The quantitative estimate of drug-likeness (QED) is 0.783. The first kappa shape index (κ1) is 17.8. The molecular formula is C20H29N7. The van der Waals surface area contributed by atoms with Crippen LogP contribution in [0.1, 0.15) is 44.1 Å². The summed E-state index contributed by atoms with van der Waals surface area (Å²) in [4.78, 5) is 18.8. The number of rotatable bonds is 5. The van der Waals surface area contributed by atoms with Crippen molar-refractivity contribution < 1.29 is 0 Å². The van der Waals surface area contributed by atoms with Crippen LogP contribution in [0.3, 0.4) is 0 Å². The Morgan fingerprint density at radius 3 is 1.89 bits per heavy atom. The summed E-state index contributed by atoms with van der Waals surface area (Å²) in [6.07, 6.45) is 7.40. The van der Waals surface area contributed by atoms with E-state index in [2.05, 4.69) is 39.7 Å². The monoisotopic (exact) mass is 367 g/mol. The van der Waals surface area contributed by atoms with Gasteiger partial charge in [0.05, 0.1) is 5.69 Å². The van der Waals surface area contributed by atoms with Crippen molar-refractivity contribution in [3.8, 4) is 0 Å². The molecule has 1 aromatic carbocycles. The summed E-state index contributed by atoms with van der Waals surface area (Å²) in [7, 11) is 0.